The Bertz CT molecular complexity index is 790. The number of carbonyl (C=O) groups excluding carboxylic acids is 2. The summed E-state index contributed by atoms with van der Waals surface area (Å²) in [5, 5.41) is 11.2. The van der Waals surface area contributed by atoms with Gasteiger partial charge in [0.1, 0.15) is 18.9 Å². The summed E-state index contributed by atoms with van der Waals surface area (Å²) in [6.07, 6.45) is 0.0561. The summed E-state index contributed by atoms with van der Waals surface area (Å²) in [6, 6.07) is 15.4. The van der Waals surface area contributed by atoms with Gasteiger partial charge in [0.25, 0.3) is 5.91 Å². The van der Waals surface area contributed by atoms with Gasteiger partial charge < -0.3 is 14.8 Å². The van der Waals surface area contributed by atoms with Crippen LogP contribution in [0.3, 0.4) is 0 Å². The Labute approximate surface area is 152 Å². The summed E-state index contributed by atoms with van der Waals surface area (Å²) in [4.78, 5) is 23.8. The van der Waals surface area contributed by atoms with Crippen LogP contribution in [0, 0.1) is 11.3 Å². The molecule has 0 aromatic heterocycles. The number of benzene rings is 2. The van der Waals surface area contributed by atoms with Crippen molar-refractivity contribution >= 4 is 11.9 Å². The van der Waals surface area contributed by atoms with Gasteiger partial charge in [-0.2, -0.15) is 5.26 Å². The largest absolute Gasteiger partial charge is 0.491 e. The van der Waals surface area contributed by atoms with Gasteiger partial charge in [-0.1, -0.05) is 12.1 Å². The molecule has 6 nitrogen and oxygen atoms in total. The molecule has 0 atom stereocenters. The number of nitrogens with zero attached hydrogens (tertiary/aromatic N) is 1. The van der Waals surface area contributed by atoms with Crippen LogP contribution in [-0.4, -0.2) is 24.5 Å². The molecule has 2 aromatic carbocycles. The van der Waals surface area contributed by atoms with E-state index in [2.05, 4.69) is 5.32 Å². The van der Waals surface area contributed by atoms with Crippen LogP contribution in [0.1, 0.15) is 35.3 Å². The molecule has 0 aliphatic heterocycles. The van der Waals surface area contributed by atoms with Gasteiger partial charge in [0.2, 0.25) is 0 Å². The van der Waals surface area contributed by atoms with Crippen molar-refractivity contribution in [3.05, 3.63) is 65.2 Å². The number of carbonyl (C=O) groups is 2. The number of hydrogen-bond acceptors (Lipinski definition) is 5. The lowest BCUT2D eigenvalue weighted by Gasteiger charge is -2.10. The van der Waals surface area contributed by atoms with Crippen LogP contribution in [0.25, 0.3) is 0 Å². The number of hydrogen-bond donors (Lipinski definition) is 1. The minimum Gasteiger partial charge on any atom is -0.491 e. The van der Waals surface area contributed by atoms with E-state index in [1.165, 1.54) is 0 Å². The molecule has 0 saturated carbocycles. The van der Waals surface area contributed by atoms with Crippen molar-refractivity contribution in [3.8, 4) is 11.8 Å². The first-order chi connectivity index (χ1) is 12.5. The quantitative estimate of drug-likeness (QED) is 0.774. The Hall–Kier alpha value is -3.33. The van der Waals surface area contributed by atoms with Gasteiger partial charge in [-0.3, -0.25) is 9.59 Å². The molecule has 2 rings (SSSR count). The lowest BCUT2D eigenvalue weighted by molar-refractivity contribution is -0.143. The minimum absolute atomic E-state index is 0.0561. The van der Waals surface area contributed by atoms with Crippen molar-refractivity contribution in [2.45, 2.75) is 26.6 Å². The Morgan fingerprint density at radius 2 is 1.73 bits per heavy atom. The maximum absolute atomic E-state index is 12.0. The maximum Gasteiger partial charge on any atom is 0.325 e. The van der Waals surface area contributed by atoms with Crippen molar-refractivity contribution in [1.29, 1.82) is 5.26 Å². The number of amides is 1. The zero-order valence-corrected chi connectivity index (χ0v) is 14.7. The Morgan fingerprint density at radius 3 is 2.31 bits per heavy atom. The fourth-order valence-corrected chi connectivity index (χ4v) is 2.10. The fourth-order valence-electron chi connectivity index (χ4n) is 2.10. The average molecular weight is 352 g/mol. The molecule has 6 heteroatoms. The van der Waals surface area contributed by atoms with Crippen LogP contribution in [0.15, 0.2) is 48.5 Å². The zero-order valence-electron chi connectivity index (χ0n) is 14.7. The normalized spacial score (nSPS) is 10.1. The van der Waals surface area contributed by atoms with Crippen molar-refractivity contribution < 1.29 is 19.1 Å². The molecule has 1 N–H and O–H groups in total. The van der Waals surface area contributed by atoms with Crippen molar-refractivity contribution in [2.24, 2.45) is 0 Å². The Balaban J connectivity index is 1.77. The molecule has 0 radical (unpaired) electrons. The standard InChI is InChI=1S/C20H20N2O4/c1-14(2)26-18-9-7-17(8-10-18)20(24)22-12-19(23)25-13-16-5-3-15(11-21)4-6-16/h3-10,14H,12-13H2,1-2H3,(H,22,24). The topological polar surface area (TPSA) is 88.4 Å². The molecule has 0 spiro atoms. The highest BCUT2D eigenvalue weighted by atomic mass is 16.5. The second-order valence-corrected chi connectivity index (χ2v) is 5.84. The van der Waals surface area contributed by atoms with Crippen LogP contribution < -0.4 is 10.1 Å². The van der Waals surface area contributed by atoms with E-state index < -0.39 is 5.97 Å². The molecule has 134 valence electrons. The van der Waals surface area contributed by atoms with Crippen molar-refractivity contribution in [2.75, 3.05) is 6.54 Å². The van der Waals surface area contributed by atoms with Gasteiger partial charge in [-0.15, -0.1) is 0 Å². The lowest BCUT2D eigenvalue weighted by atomic mass is 10.2. The molecular weight excluding hydrogens is 332 g/mol. The van der Waals surface area contributed by atoms with E-state index in [1.807, 2.05) is 19.9 Å². The summed E-state index contributed by atoms with van der Waals surface area (Å²) < 4.78 is 10.6. The van der Waals surface area contributed by atoms with Gasteiger partial charge in [0, 0.05) is 5.56 Å². The summed E-state index contributed by atoms with van der Waals surface area (Å²) in [6.45, 7) is 3.70. The summed E-state index contributed by atoms with van der Waals surface area (Å²) >= 11 is 0. The first-order valence-electron chi connectivity index (χ1n) is 8.17. The third-order valence-corrected chi connectivity index (χ3v) is 3.36. The minimum atomic E-state index is -0.539. The van der Waals surface area contributed by atoms with E-state index in [-0.39, 0.29) is 25.2 Å². The predicted octanol–water partition coefficient (Wildman–Crippen LogP) is 2.82. The van der Waals surface area contributed by atoms with Gasteiger partial charge in [0.15, 0.2) is 0 Å². The molecule has 0 aliphatic rings. The number of rotatable bonds is 7. The Morgan fingerprint density at radius 1 is 1.08 bits per heavy atom. The molecule has 2 aromatic rings. The Kier molecular flexibility index (Phi) is 6.75. The van der Waals surface area contributed by atoms with Crippen molar-refractivity contribution in [3.63, 3.8) is 0 Å². The highest BCUT2D eigenvalue weighted by molar-refractivity contribution is 5.96. The van der Waals surface area contributed by atoms with Crippen LogP contribution >= 0.6 is 0 Å². The number of nitrogens with one attached hydrogen (secondary N) is 1. The van der Waals surface area contributed by atoms with Gasteiger partial charge in [0.05, 0.1) is 17.7 Å². The molecular formula is C20H20N2O4. The van der Waals surface area contributed by atoms with E-state index in [9.17, 15) is 9.59 Å². The monoisotopic (exact) mass is 352 g/mol. The van der Waals surface area contributed by atoms with E-state index >= 15 is 0 Å². The molecule has 0 bridgehead atoms. The molecule has 0 saturated heterocycles. The van der Waals surface area contributed by atoms with Gasteiger partial charge >= 0.3 is 5.97 Å². The van der Waals surface area contributed by atoms with Crippen molar-refractivity contribution in [1.82, 2.24) is 5.32 Å². The first-order valence-corrected chi connectivity index (χ1v) is 8.17. The van der Waals surface area contributed by atoms with Crippen LogP contribution in [0.4, 0.5) is 0 Å². The second-order valence-electron chi connectivity index (χ2n) is 5.84. The molecule has 0 unspecified atom stereocenters. The fraction of sp³-hybridized carbons (Fsp3) is 0.250. The number of ether oxygens (including phenoxy) is 2. The highest BCUT2D eigenvalue weighted by Crippen LogP contribution is 2.13. The predicted molar refractivity (Wildman–Crippen MR) is 95.5 cm³/mol. The zero-order chi connectivity index (χ0) is 18.9. The first kappa shape index (κ1) is 19.0. The number of esters is 1. The van der Waals surface area contributed by atoms with Crippen LogP contribution in [0.2, 0.25) is 0 Å². The van der Waals surface area contributed by atoms with E-state index in [4.69, 9.17) is 14.7 Å². The third-order valence-electron chi connectivity index (χ3n) is 3.36. The summed E-state index contributed by atoms with van der Waals surface area (Å²) in [5.41, 5.74) is 1.74. The smallest absolute Gasteiger partial charge is 0.325 e. The maximum atomic E-state index is 12.0. The molecule has 1 amide bonds. The van der Waals surface area contributed by atoms with E-state index in [0.29, 0.717) is 16.9 Å². The second kappa shape index (κ2) is 9.23. The molecule has 0 aliphatic carbocycles. The average Bonchev–Trinajstić information content (AvgIpc) is 2.65. The third kappa shape index (κ3) is 5.95. The van der Waals surface area contributed by atoms with E-state index in [0.717, 1.165) is 5.56 Å². The van der Waals surface area contributed by atoms with Gasteiger partial charge in [-0.25, -0.2) is 0 Å². The van der Waals surface area contributed by atoms with Gasteiger partial charge in [-0.05, 0) is 55.8 Å². The summed E-state index contributed by atoms with van der Waals surface area (Å²) in [7, 11) is 0. The molecule has 26 heavy (non-hydrogen) atoms. The summed E-state index contributed by atoms with van der Waals surface area (Å²) in [5.74, 6) is -0.225. The number of nitriles is 1. The van der Waals surface area contributed by atoms with E-state index in [1.54, 1.807) is 48.5 Å². The van der Waals surface area contributed by atoms with Crippen LogP contribution in [-0.2, 0) is 16.1 Å². The molecule has 0 fully saturated rings. The van der Waals surface area contributed by atoms with Crippen LogP contribution in [0.5, 0.6) is 5.75 Å². The highest BCUT2D eigenvalue weighted by Gasteiger charge is 2.09. The molecule has 0 heterocycles. The lowest BCUT2D eigenvalue weighted by Crippen LogP contribution is -2.30. The SMILES string of the molecule is CC(C)Oc1ccc(C(=O)NCC(=O)OCc2ccc(C#N)cc2)cc1.